The van der Waals surface area contributed by atoms with E-state index in [2.05, 4.69) is 42.2 Å². The van der Waals surface area contributed by atoms with Gasteiger partial charge in [-0.05, 0) is 80.4 Å². The maximum atomic E-state index is 12.2. The highest BCUT2D eigenvalue weighted by Crippen LogP contribution is 2.32. The Morgan fingerprint density at radius 2 is 1.93 bits per heavy atom. The first-order chi connectivity index (χ1) is 13.0. The first kappa shape index (κ1) is 17.8. The van der Waals surface area contributed by atoms with Gasteiger partial charge in [-0.1, -0.05) is 0 Å². The summed E-state index contributed by atoms with van der Waals surface area (Å²) < 4.78 is 17.6. The van der Waals surface area contributed by atoms with E-state index >= 15 is 0 Å². The Balaban J connectivity index is 1.62. The van der Waals surface area contributed by atoms with Crippen LogP contribution in [-0.2, 0) is 0 Å². The van der Waals surface area contributed by atoms with Crippen molar-refractivity contribution in [1.82, 2.24) is 4.98 Å². The van der Waals surface area contributed by atoms with Crippen LogP contribution in [0.4, 0.5) is 5.69 Å². The number of halogens is 2. The van der Waals surface area contributed by atoms with Crippen molar-refractivity contribution in [2.45, 2.75) is 0 Å². The lowest BCUT2D eigenvalue weighted by Crippen LogP contribution is -2.10. The van der Waals surface area contributed by atoms with Crippen LogP contribution in [0.3, 0.4) is 0 Å². The number of oxazole rings is 1. The molecule has 136 valence electrons. The highest BCUT2D eigenvalue weighted by Gasteiger charge is 2.14. The van der Waals surface area contributed by atoms with E-state index in [1.165, 1.54) is 0 Å². The number of carbonyl (C=O) groups is 1. The third-order valence-corrected chi connectivity index (χ3v) is 4.89. The molecular formula is C19H12Br2N2O4. The fourth-order valence-corrected chi connectivity index (χ4v) is 3.40. The number of methoxy groups -OCH3 is 1. The van der Waals surface area contributed by atoms with E-state index in [1.54, 1.807) is 37.4 Å². The largest absolute Gasteiger partial charge is 0.496 e. The minimum absolute atomic E-state index is 0.214. The molecule has 27 heavy (non-hydrogen) atoms. The zero-order valence-corrected chi connectivity index (χ0v) is 17.1. The summed E-state index contributed by atoms with van der Waals surface area (Å²) in [5, 5.41) is 2.78. The first-order valence-electron chi connectivity index (χ1n) is 7.84. The van der Waals surface area contributed by atoms with Gasteiger partial charge in [-0.25, -0.2) is 4.98 Å². The average molecular weight is 492 g/mol. The number of ether oxygens (including phenoxy) is 1. The minimum atomic E-state index is -0.345. The van der Waals surface area contributed by atoms with E-state index in [9.17, 15) is 4.79 Å². The first-order valence-corrected chi connectivity index (χ1v) is 9.43. The molecule has 0 aliphatic carbocycles. The van der Waals surface area contributed by atoms with Crippen molar-refractivity contribution in [2.75, 3.05) is 12.4 Å². The van der Waals surface area contributed by atoms with Crippen LogP contribution in [-0.4, -0.2) is 18.0 Å². The number of rotatable bonds is 4. The fourth-order valence-electron chi connectivity index (χ4n) is 2.56. The number of carbonyl (C=O) groups excluding carboxylic acids is 1. The van der Waals surface area contributed by atoms with Crippen LogP contribution < -0.4 is 10.1 Å². The summed E-state index contributed by atoms with van der Waals surface area (Å²) in [6.07, 6.45) is 0. The van der Waals surface area contributed by atoms with Gasteiger partial charge in [-0.15, -0.1) is 0 Å². The summed E-state index contributed by atoms with van der Waals surface area (Å²) in [6, 6.07) is 14.1. The Hall–Kier alpha value is -2.58. The number of benzene rings is 2. The zero-order chi connectivity index (χ0) is 19.0. The lowest BCUT2D eigenvalue weighted by molar-refractivity contribution is 0.0995. The number of anilines is 1. The second-order valence-corrected chi connectivity index (χ2v) is 7.24. The quantitative estimate of drug-likeness (QED) is 0.386. The lowest BCUT2D eigenvalue weighted by atomic mass is 10.2. The Bertz CT molecular complexity index is 1150. The summed E-state index contributed by atoms with van der Waals surface area (Å²) in [5.41, 5.74) is 2.66. The summed E-state index contributed by atoms with van der Waals surface area (Å²) in [7, 11) is 1.61. The predicted octanol–water partition coefficient (Wildman–Crippen LogP) is 5.87. The standard InChI is InChI=1S/C19H12Br2N2O4/c1-25-14-4-2-10(8-12(14)20)19-23-13-9-11(3-5-15(13)27-19)22-18(24)16-6-7-17(21)26-16/h2-9H,1H3,(H,22,24). The molecule has 1 amide bonds. The molecule has 2 aromatic carbocycles. The molecule has 0 spiro atoms. The third kappa shape index (κ3) is 3.63. The molecule has 2 heterocycles. The molecule has 0 aliphatic rings. The van der Waals surface area contributed by atoms with Crippen molar-refractivity contribution < 1.29 is 18.4 Å². The average Bonchev–Trinajstić information content (AvgIpc) is 3.27. The molecule has 4 aromatic rings. The fraction of sp³-hybridized carbons (Fsp3) is 0.0526. The van der Waals surface area contributed by atoms with Gasteiger partial charge >= 0.3 is 0 Å². The zero-order valence-electron chi connectivity index (χ0n) is 14.0. The van der Waals surface area contributed by atoms with Crippen molar-refractivity contribution in [1.29, 1.82) is 0 Å². The number of hydrogen-bond acceptors (Lipinski definition) is 5. The van der Waals surface area contributed by atoms with Gasteiger partial charge in [0, 0.05) is 11.3 Å². The lowest BCUT2D eigenvalue weighted by Gasteiger charge is -2.03. The van der Waals surface area contributed by atoms with Gasteiger partial charge in [0.25, 0.3) is 5.91 Å². The van der Waals surface area contributed by atoms with Gasteiger partial charge < -0.3 is 18.9 Å². The topological polar surface area (TPSA) is 77.5 Å². The van der Waals surface area contributed by atoms with Crippen LogP contribution >= 0.6 is 31.9 Å². The molecule has 0 aliphatic heterocycles. The van der Waals surface area contributed by atoms with Crippen molar-refractivity contribution in [3.05, 3.63) is 63.4 Å². The van der Waals surface area contributed by atoms with E-state index in [-0.39, 0.29) is 11.7 Å². The SMILES string of the molecule is COc1ccc(-c2nc3cc(NC(=O)c4ccc(Br)o4)ccc3o2)cc1Br. The van der Waals surface area contributed by atoms with Gasteiger partial charge in [0.15, 0.2) is 16.0 Å². The molecule has 0 bridgehead atoms. The second-order valence-electron chi connectivity index (χ2n) is 5.61. The molecule has 0 unspecified atom stereocenters. The molecule has 0 radical (unpaired) electrons. The van der Waals surface area contributed by atoms with Gasteiger partial charge in [-0.2, -0.15) is 0 Å². The number of aromatic nitrogens is 1. The van der Waals surface area contributed by atoms with Gasteiger partial charge in [0.05, 0.1) is 11.6 Å². The molecule has 0 fully saturated rings. The number of fused-ring (bicyclic) bond motifs is 1. The third-order valence-electron chi connectivity index (χ3n) is 3.84. The van der Waals surface area contributed by atoms with E-state index in [4.69, 9.17) is 13.6 Å². The molecule has 8 heteroatoms. The Morgan fingerprint density at radius 1 is 1.07 bits per heavy atom. The molecule has 6 nitrogen and oxygen atoms in total. The van der Waals surface area contributed by atoms with E-state index < -0.39 is 0 Å². The van der Waals surface area contributed by atoms with Crippen molar-refractivity contribution in [3.8, 4) is 17.2 Å². The number of nitrogens with one attached hydrogen (secondary N) is 1. The minimum Gasteiger partial charge on any atom is -0.496 e. The monoisotopic (exact) mass is 490 g/mol. The van der Waals surface area contributed by atoms with Gasteiger partial charge in [0.1, 0.15) is 11.3 Å². The number of hydrogen-bond donors (Lipinski definition) is 1. The summed E-state index contributed by atoms with van der Waals surface area (Å²) >= 11 is 6.63. The smallest absolute Gasteiger partial charge is 0.291 e. The molecule has 0 saturated carbocycles. The van der Waals surface area contributed by atoms with Crippen LogP contribution in [0.5, 0.6) is 5.75 Å². The van der Waals surface area contributed by atoms with Crippen LogP contribution in [0.2, 0.25) is 0 Å². The Labute approximate surface area is 170 Å². The Kier molecular flexibility index (Phi) is 4.75. The van der Waals surface area contributed by atoms with Crippen LogP contribution in [0.1, 0.15) is 10.6 Å². The molecule has 0 saturated heterocycles. The summed E-state index contributed by atoms with van der Waals surface area (Å²) in [6.45, 7) is 0. The van der Waals surface area contributed by atoms with Crippen molar-refractivity contribution in [2.24, 2.45) is 0 Å². The molecule has 0 atom stereocenters. The van der Waals surface area contributed by atoms with Crippen LogP contribution in [0.25, 0.3) is 22.6 Å². The highest BCUT2D eigenvalue weighted by atomic mass is 79.9. The molecule has 1 N–H and O–H groups in total. The summed E-state index contributed by atoms with van der Waals surface area (Å²) in [5.74, 6) is 1.07. The molecule has 2 aromatic heterocycles. The van der Waals surface area contributed by atoms with E-state index in [0.717, 1.165) is 15.8 Å². The molecule has 4 rings (SSSR count). The van der Waals surface area contributed by atoms with Gasteiger partial charge in [-0.3, -0.25) is 4.79 Å². The number of nitrogens with zero attached hydrogens (tertiary/aromatic N) is 1. The van der Waals surface area contributed by atoms with E-state index in [0.29, 0.717) is 27.3 Å². The maximum absolute atomic E-state index is 12.2. The Morgan fingerprint density at radius 3 is 2.63 bits per heavy atom. The predicted molar refractivity (Wildman–Crippen MR) is 108 cm³/mol. The summed E-state index contributed by atoms with van der Waals surface area (Å²) in [4.78, 5) is 16.7. The number of furan rings is 1. The maximum Gasteiger partial charge on any atom is 0.291 e. The van der Waals surface area contributed by atoms with Crippen LogP contribution in [0, 0.1) is 0 Å². The highest BCUT2D eigenvalue weighted by molar-refractivity contribution is 9.10. The normalized spacial score (nSPS) is 10.9. The second kappa shape index (κ2) is 7.21. The van der Waals surface area contributed by atoms with Crippen molar-refractivity contribution >= 4 is 54.6 Å². The molecular weight excluding hydrogens is 480 g/mol. The number of amides is 1. The van der Waals surface area contributed by atoms with E-state index in [1.807, 2.05) is 18.2 Å². The van der Waals surface area contributed by atoms with Crippen molar-refractivity contribution in [3.63, 3.8) is 0 Å². The van der Waals surface area contributed by atoms with Crippen LogP contribution in [0.15, 0.2) is 66.5 Å². The van der Waals surface area contributed by atoms with Gasteiger partial charge in [0.2, 0.25) is 5.89 Å².